The summed E-state index contributed by atoms with van der Waals surface area (Å²) in [6.45, 7) is 9.58. The van der Waals surface area contributed by atoms with Gasteiger partial charge in [0.2, 0.25) is 0 Å². The van der Waals surface area contributed by atoms with Crippen molar-refractivity contribution in [3.8, 4) is 0 Å². The second-order valence-corrected chi connectivity index (χ2v) is 3.42. The molecule has 0 aromatic carbocycles. The first-order valence-electron chi connectivity index (χ1n) is 4.81. The van der Waals surface area contributed by atoms with Crippen molar-refractivity contribution >= 4 is 0 Å². The van der Waals surface area contributed by atoms with Crippen LogP contribution in [0.2, 0.25) is 0 Å². The lowest BCUT2D eigenvalue weighted by molar-refractivity contribution is 1.16. The predicted molar refractivity (Wildman–Crippen MR) is 63.1 cm³/mol. The van der Waals surface area contributed by atoms with Crippen LogP contribution in [0.1, 0.15) is 19.8 Å². The van der Waals surface area contributed by atoms with Crippen LogP contribution in [-0.2, 0) is 0 Å². The highest BCUT2D eigenvalue weighted by molar-refractivity contribution is 5.36. The molecule has 0 nitrogen and oxygen atoms in total. The molecule has 0 aromatic heterocycles. The van der Waals surface area contributed by atoms with Crippen LogP contribution >= 0.6 is 0 Å². The fourth-order valence-electron chi connectivity index (χ4n) is 1.31. The minimum Gasteiger partial charge on any atom is -0.125 e. The monoisotopic (exact) mass is 184 g/mol. The van der Waals surface area contributed by atoms with Gasteiger partial charge in [-0.2, -0.15) is 0 Å². The number of allylic oxidation sites excluding steroid dienone is 8. The van der Waals surface area contributed by atoms with Gasteiger partial charge in [0.05, 0.1) is 0 Å². The third kappa shape index (κ3) is 3.08. The van der Waals surface area contributed by atoms with Crippen LogP contribution in [0.3, 0.4) is 0 Å². The number of hydrogen-bond acceptors (Lipinski definition) is 0. The predicted octanol–water partition coefficient (Wildman–Crippen LogP) is 4.11. The van der Waals surface area contributed by atoms with E-state index in [1.54, 1.807) is 0 Å². The Balaban J connectivity index is 2.77. The Morgan fingerprint density at radius 1 is 1.50 bits per heavy atom. The summed E-state index contributed by atoms with van der Waals surface area (Å²) in [6.07, 6.45) is 12.6. The van der Waals surface area contributed by atoms with Gasteiger partial charge in [0.1, 0.15) is 0 Å². The number of hydrogen-bond donors (Lipinski definition) is 0. The quantitative estimate of drug-likeness (QED) is 0.457. The smallest absolute Gasteiger partial charge is 0.00500 e. The first kappa shape index (κ1) is 10.6. The highest BCUT2D eigenvalue weighted by atomic mass is 14.0. The van der Waals surface area contributed by atoms with Crippen LogP contribution < -0.4 is 0 Å². The zero-order chi connectivity index (χ0) is 10.4. The molecule has 0 unspecified atom stereocenters. The Bertz CT molecular complexity index is 355. The van der Waals surface area contributed by atoms with Gasteiger partial charge in [0.25, 0.3) is 0 Å². The third-order valence-electron chi connectivity index (χ3n) is 2.16. The molecule has 0 bridgehead atoms. The maximum Gasteiger partial charge on any atom is 0.00500 e. The van der Waals surface area contributed by atoms with Crippen LogP contribution in [0.15, 0.2) is 66.0 Å². The molecule has 0 radical (unpaired) electrons. The molecule has 0 N–H and O–H groups in total. The first-order chi connectivity index (χ1) is 6.74. The Morgan fingerprint density at radius 2 is 2.29 bits per heavy atom. The van der Waals surface area contributed by atoms with Gasteiger partial charge in [-0.3, -0.25) is 0 Å². The van der Waals surface area contributed by atoms with E-state index >= 15 is 0 Å². The van der Waals surface area contributed by atoms with Gasteiger partial charge in [-0.1, -0.05) is 43.5 Å². The molecule has 0 spiro atoms. The molecular weight excluding hydrogens is 168 g/mol. The van der Waals surface area contributed by atoms with E-state index in [0.29, 0.717) is 0 Å². The largest absolute Gasteiger partial charge is 0.125 e. The van der Waals surface area contributed by atoms with Crippen LogP contribution in [0, 0.1) is 0 Å². The standard InChI is InChI=1S/C14H16/c1-4-14(12(2)3)11-13-9-7-5-6-8-10-13/h5,7-10H,1-2,6,11H2,3H3. The summed E-state index contributed by atoms with van der Waals surface area (Å²) in [6, 6.07) is 0. The van der Waals surface area contributed by atoms with Gasteiger partial charge in [0, 0.05) is 12.0 Å². The Hall–Kier alpha value is -1.52. The highest BCUT2D eigenvalue weighted by Crippen LogP contribution is 2.18. The second kappa shape index (κ2) is 5.26. The first-order valence-corrected chi connectivity index (χ1v) is 4.81. The average molecular weight is 184 g/mol. The van der Waals surface area contributed by atoms with Crippen LogP contribution in [0.4, 0.5) is 0 Å². The van der Waals surface area contributed by atoms with E-state index in [9.17, 15) is 0 Å². The van der Waals surface area contributed by atoms with E-state index in [2.05, 4.69) is 49.3 Å². The lowest BCUT2D eigenvalue weighted by atomic mass is 10.0. The highest BCUT2D eigenvalue weighted by Gasteiger charge is 2.00. The summed E-state index contributed by atoms with van der Waals surface area (Å²) < 4.78 is 0. The summed E-state index contributed by atoms with van der Waals surface area (Å²) in [4.78, 5) is 0. The molecule has 0 heteroatoms. The minimum atomic E-state index is 0.875. The van der Waals surface area contributed by atoms with Crippen LogP contribution in [0.25, 0.3) is 0 Å². The van der Waals surface area contributed by atoms with E-state index in [1.165, 1.54) is 5.57 Å². The van der Waals surface area contributed by atoms with Crippen LogP contribution in [0.5, 0.6) is 0 Å². The van der Waals surface area contributed by atoms with Gasteiger partial charge >= 0.3 is 0 Å². The molecule has 72 valence electrons. The summed E-state index contributed by atoms with van der Waals surface area (Å²) in [5.74, 6) is 0. The zero-order valence-electron chi connectivity index (χ0n) is 8.72. The van der Waals surface area contributed by atoms with E-state index < -0.39 is 0 Å². The van der Waals surface area contributed by atoms with Crippen molar-refractivity contribution < 1.29 is 0 Å². The van der Waals surface area contributed by atoms with Gasteiger partial charge < -0.3 is 0 Å². The second-order valence-electron chi connectivity index (χ2n) is 3.42. The Kier molecular flexibility index (Phi) is 3.97. The van der Waals surface area contributed by atoms with E-state index in [1.807, 2.05) is 6.92 Å². The maximum absolute atomic E-state index is 3.91. The molecule has 0 saturated heterocycles. The lowest BCUT2D eigenvalue weighted by Crippen LogP contribution is -1.85. The molecule has 14 heavy (non-hydrogen) atoms. The van der Waals surface area contributed by atoms with Crippen molar-refractivity contribution in [2.24, 2.45) is 0 Å². The molecule has 0 heterocycles. The summed E-state index contributed by atoms with van der Waals surface area (Å²) >= 11 is 0. The normalized spacial score (nSPS) is 14.2. The lowest BCUT2D eigenvalue weighted by Gasteiger charge is -2.04. The maximum atomic E-state index is 3.91. The molecule has 0 aromatic rings. The average Bonchev–Trinajstić information content (AvgIpc) is 2.41. The Morgan fingerprint density at radius 3 is 2.93 bits per heavy atom. The third-order valence-corrected chi connectivity index (χ3v) is 2.16. The minimum absolute atomic E-state index is 0.875. The van der Waals surface area contributed by atoms with Gasteiger partial charge in [-0.25, -0.2) is 0 Å². The van der Waals surface area contributed by atoms with Crippen molar-refractivity contribution in [2.45, 2.75) is 19.8 Å². The fourth-order valence-corrected chi connectivity index (χ4v) is 1.31. The molecule has 0 aliphatic heterocycles. The number of rotatable bonds is 3. The molecule has 0 amide bonds. The molecule has 1 aliphatic carbocycles. The van der Waals surface area contributed by atoms with Crippen LogP contribution in [-0.4, -0.2) is 0 Å². The molecular formula is C14H16. The summed E-state index contributed by atoms with van der Waals surface area (Å²) in [7, 11) is 0. The van der Waals surface area contributed by atoms with Gasteiger partial charge in [-0.05, 0) is 24.5 Å². The van der Waals surface area contributed by atoms with E-state index in [-0.39, 0.29) is 0 Å². The SMILES string of the molecule is C=C=C(CC1=CC=CCC=C1)C(=C)C. The zero-order valence-corrected chi connectivity index (χ0v) is 8.72. The summed E-state index contributed by atoms with van der Waals surface area (Å²) in [5.41, 5.74) is 6.36. The van der Waals surface area contributed by atoms with Crippen molar-refractivity contribution in [3.05, 3.63) is 66.0 Å². The fraction of sp³-hybridized carbons (Fsp3) is 0.214. The summed E-state index contributed by atoms with van der Waals surface area (Å²) in [5, 5.41) is 0. The molecule has 0 fully saturated rings. The van der Waals surface area contributed by atoms with Crippen molar-refractivity contribution in [1.82, 2.24) is 0 Å². The molecule has 1 rings (SSSR count). The Labute approximate surface area is 86.3 Å². The molecule has 1 aliphatic rings. The van der Waals surface area contributed by atoms with Crippen molar-refractivity contribution in [1.29, 1.82) is 0 Å². The molecule has 0 atom stereocenters. The van der Waals surface area contributed by atoms with Gasteiger partial charge in [0.15, 0.2) is 0 Å². The van der Waals surface area contributed by atoms with E-state index in [0.717, 1.165) is 24.0 Å². The van der Waals surface area contributed by atoms with Crippen molar-refractivity contribution in [3.63, 3.8) is 0 Å². The molecule has 0 saturated carbocycles. The van der Waals surface area contributed by atoms with E-state index in [4.69, 9.17) is 0 Å². The van der Waals surface area contributed by atoms with Crippen molar-refractivity contribution in [2.75, 3.05) is 0 Å². The van der Waals surface area contributed by atoms with Gasteiger partial charge in [-0.15, -0.1) is 5.73 Å². The topological polar surface area (TPSA) is 0 Å².